The molecule has 0 fully saturated rings. The fourth-order valence-corrected chi connectivity index (χ4v) is 2.30. The number of nitrogens with one attached hydrogen (secondary N) is 1. The molecule has 0 spiro atoms. The lowest BCUT2D eigenvalue weighted by Crippen LogP contribution is -2.15. The Balaban J connectivity index is 2.33. The van der Waals surface area contributed by atoms with Crippen molar-refractivity contribution < 1.29 is 9.18 Å². The van der Waals surface area contributed by atoms with E-state index in [0.717, 1.165) is 5.56 Å². The topological polar surface area (TPSA) is 29.1 Å². The van der Waals surface area contributed by atoms with E-state index in [-0.39, 0.29) is 16.0 Å². The molecule has 5 heteroatoms. The Kier molecular flexibility index (Phi) is 4.63. The summed E-state index contributed by atoms with van der Waals surface area (Å²) >= 11 is 11.9. The third-order valence-corrected chi connectivity index (χ3v) is 3.38. The second-order valence-corrected chi connectivity index (χ2v) is 5.32. The molecule has 0 heterocycles. The number of carbonyl (C=O) groups excluding carboxylic acids is 1. The van der Waals surface area contributed by atoms with E-state index in [0.29, 0.717) is 5.69 Å². The maximum Gasteiger partial charge on any atom is 0.260 e. The normalized spacial score (nSPS) is 12.0. The van der Waals surface area contributed by atoms with Crippen molar-refractivity contribution in [3.05, 3.63) is 64.4 Å². The number of amides is 1. The van der Waals surface area contributed by atoms with E-state index in [1.165, 1.54) is 18.2 Å². The Morgan fingerprint density at radius 3 is 2.55 bits per heavy atom. The van der Waals surface area contributed by atoms with Crippen LogP contribution in [0, 0.1) is 5.82 Å². The van der Waals surface area contributed by atoms with Gasteiger partial charge in [0.25, 0.3) is 5.91 Å². The molecule has 1 amide bonds. The molecule has 20 heavy (non-hydrogen) atoms. The third-order valence-electron chi connectivity index (χ3n) is 2.83. The SMILES string of the molecule is CC(Cl)c1ccccc1NC(=O)c1c(F)cccc1Cl. The third kappa shape index (κ3) is 3.11. The second-order valence-electron chi connectivity index (χ2n) is 4.25. The van der Waals surface area contributed by atoms with Gasteiger partial charge in [-0.2, -0.15) is 0 Å². The molecule has 1 unspecified atom stereocenters. The molecule has 0 radical (unpaired) electrons. The molecule has 2 aromatic carbocycles. The van der Waals surface area contributed by atoms with Gasteiger partial charge in [-0.1, -0.05) is 35.9 Å². The molecule has 1 N–H and O–H groups in total. The average molecular weight is 312 g/mol. The Bertz CT molecular complexity index is 623. The zero-order valence-electron chi connectivity index (χ0n) is 10.7. The van der Waals surface area contributed by atoms with Crippen molar-refractivity contribution in [2.75, 3.05) is 5.32 Å². The predicted octanol–water partition coefficient (Wildman–Crippen LogP) is 5.03. The Morgan fingerprint density at radius 1 is 1.20 bits per heavy atom. The highest BCUT2D eigenvalue weighted by molar-refractivity contribution is 6.34. The molecule has 2 nitrogen and oxygen atoms in total. The molecule has 0 saturated carbocycles. The standard InChI is InChI=1S/C15H12Cl2FNO/c1-9(16)10-5-2-3-8-13(10)19-15(20)14-11(17)6-4-7-12(14)18/h2-9H,1H3,(H,19,20). The van der Waals surface area contributed by atoms with Crippen LogP contribution in [-0.4, -0.2) is 5.91 Å². The average Bonchev–Trinajstić information content (AvgIpc) is 2.38. The summed E-state index contributed by atoms with van der Waals surface area (Å²) in [6.45, 7) is 1.79. The van der Waals surface area contributed by atoms with Crippen LogP contribution < -0.4 is 5.32 Å². The van der Waals surface area contributed by atoms with Gasteiger partial charge in [-0.25, -0.2) is 4.39 Å². The minimum Gasteiger partial charge on any atom is -0.322 e. The van der Waals surface area contributed by atoms with Gasteiger partial charge in [-0.3, -0.25) is 4.79 Å². The van der Waals surface area contributed by atoms with Gasteiger partial charge in [0, 0.05) is 5.69 Å². The number of benzene rings is 2. The first-order valence-corrected chi connectivity index (χ1v) is 6.80. The molecular formula is C15H12Cl2FNO. The minimum absolute atomic E-state index is 0.0684. The summed E-state index contributed by atoms with van der Waals surface area (Å²) in [6, 6.07) is 11.2. The van der Waals surface area contributed by atoms with Crippen LogP contribution >= 0.6 is 23.2 Å². The van der Waals surface area contributed by atoms with Gasteiger partial charge in [-0.15, -0.1) is 11.6 Å². The summed E-state index contributed by atoms with van der Waals surface area (Å²) in [5, 5.41) is 2.44. The molecule has 0 aliphatic heterocycles. The number of anilines is 1. The van der Waals surface area contributed by atoms with E-state index in [4.69, 9.17) is 23.2 Å². The highest BCUT2D eigenvalue weighted by Crippen LogP contribution is 2.28. The largest absolute Gasteiger partial charge is 0.322 e. The molecule has 0 saturated heterocycles. The molecule has 0 bridgehead atoms. The van der Waals surface area contributed by atoms with E-state index < -0.39 is 11.7 Å². The number of halogens is 3. The first-order valence-electron chi connectivity index (χ1n) is 5.99. The van der Waals surface area contributed by atoms with Crippen molar-refractivity contribution in [1.82, 2.24) is 0 Å². The van der Waals surface area contributed by atoms with Crippen molar-refractivity contribution >= 4 is 34.8 Å². The molecule has 0 aliphatic rings. The summed E-state index contributed by atoms with van der Waals surface area (Å²) < 4.78 is 13.7. The van der Waals surface area contributed by atoms with Gasteiger partial charge in [0.05, 0.1) is 16.0 Å². The zero-order valence-corrected chi connectivity index (χ0v) is 12.2. The van der Waals surface area contributed by atoms with E-state index >= 15 is 0 Å². The summed E-state index contributed by atoms with van der Waals surface area (Å²) in [5.74, 6) is -1.26. The van der Waals surface area contributed by atoms with E-state index in [9.17, 15) is 9.18 Å². The Labute approximate surface area is 126 Å². The van der Waals surface area contributed by atoms with E-state index in [2.05, 4.69) is 5.32 Å². The van der Waals surface area contributed by atoms with Crippen LogP contribution in [0.1, 0.15) is 28.2 Å². The van der Waals surface area contributed by atoms with Gasteiger partial charge in [-0.05, 0) is 30.7 Å². The first-order chi connectivity index (χ1) is 9.50. The van der Waals surface area contributed by atoms with Crippen molar-refractivity contribution in [1.29, 1.82) is 0 Å². The summed E-state index contributed by atoms with van der Waals surface area (Å²) in [7, 11) is 0. The number of hydrogen-bond acceptors (Lipinski definition) is 1. The summed E-state index contributed by atoms with van der Waals surface area (Å²) in [6.07, 6.45) is 0. The van der Waals surface area contributed by atoms with E-state index in [1.54, 1.807) is 25.1 Å². The van der Waals surface area contributed by atoms with Crippen LogP contribution in [-0.2, 0) is 0 Å². The summed E-state index contributed by atoms with van der Waals surface area (Å²) in [4.78, 5) is 12.2. The maximum atomic E-state index is 13.7. The van der Waals surface area contributed by atoms with Gasteiger partial charge < -0.3 is 5.32 Å². The zero-order chi connectivity index (χ0) is 14.7. The molecule has 0 aliphatic carbocycles. The fraction of sp³-hybridized carbons (Fsp3) is 0.133. The molecule has 0 aromatic heterocycles. The lowest BCUT2D eigenvalue weighted by atomic mass is 10.1. The number of hydrogen-bond donors (Lipinski definition) is 1. The second kappa shape index (κ2) is 6.25. The van der Waals surface area contributed by atoms with Crippen molar-refractivity contribution in [2.45, 2.75) is 12.3 Å². The van der Waals surface area contributed by atoms with Crippen LogP contribution in [0.4, 0.5) is 10.1 Å². The van der Waals surface area contributed by atoms with Crippen LogP contribution in [0.5, 0.6) is 0 Å². The highest BCUT2D eigenvalue weighted by atomic mass is 35.5. The smallest absolute Gasteiger partial charge is 0.260 e. The molecular weight excluding hydrogens is 300 g/mol. The predicted molar refractivity (Wildman–Crippen MR) is 80.1 cm³/mol. The molecule has 104 valence electrons. The fourth-order valence-electron chi connectivity index (χ4n) is 1.86. The Hall–Kier alpha value is -1.58. The van der Waals surface area contributed by atoms with Crippen LogP contribution in [0.3, 0.4) is 0 Å². The van der Waals surface area contributed by atoms with Gasteiger partial charge in [0.15, 0.2) is 0 Å². The van der Waals surface area contributed by atoms with Gasteiger partial charge in [0.1, 0.15) is 5.82 Å². The number of alkyl halides is 1. The van der Waals surface area contributed by atoms with Gasteiger partial charge in [0.2, 0.25) is 0 Å². The summed E-state index contributed by atoms with van der Waals surface area (Å²) in [5.41, 5.74) is 1.13. The van der Waals surface area contributed by atoms with E-state index in [1.807, 2.05) is 6.07 Å². The number of carbonyl (C=O) groups is 1. The van der Waals surface area contributed by atoms with Crippen molar-refractivity contribution in [3.63, 3.8) is 0 Å². The Morgan fingerprint density at radius 2 is 1.90 bits per heavy atom. The molecule has 1 atom stereocenters. The van der Waals surface area contributed by atoms with Gasteiger partial charge >= 0.3 is 0 Å². The number of para-hydroxylation sites is 1. The minimum atomic E-state index is -0.661. The maximum absolute atomic E-state index is 13.7. The highest BCUT2D eigenvalue weighted by Gasteiger charge is 2.17. The molecule has 2 aromatic rings. The number of rotatable bonds is 3. The van der Waals surface area contributed by atoms with Crippen LogP contribution in [0.2, 0.25) is 5.02 Å². The monoisotopic (exact) mass is 311 g/mol. The van der Waals surface area contributed by atoms with Crippen molar-refractivity contribution in [2.24, 2.45) is 0 Å². The lowest BCUT2D eigenvalue weighted by Gasteiger charge is -2.13. The molecule has 2 rings (SSSR count). The van der Waals surface area contributed by atoms with Crippen LogP contribution in [0.15, 0.2) is 42.5 Å². The van der Waals surface area contributed by atoms with Crippen LogP contribution in [0.25, 0.3) is 0 Å². The first kappa shape index (κ1) is 14.8. The van der Waals surface area contributed by atoms with Crippen molar-refractivity contribution in [3.8, 4) is 0 Å². The lowest BCUT2D eigenvalue weighted by molar-refractivity contribution is 0.102. The quantitative estimate of drug-likeness (QED) is 0.791.